The second kappa shape index (κ2) is 9.78. The quantitative estimate of drug-likeness (QED) is 0.542. The predicted molar refractivity (Wildman–Crippen MR) is 113 cm³/mol. The lowest BCUT2D eigenvalue weighted by molar-refractivity contribution is -0.123. The molecule has 0 spiro atoms. The van der Waals surface area contributed by atoms with Gasteiger partial charge in [-0.1, -0.05) is 55.5 Å². The van der Waals surface area contributed by atoms with Gasteiger partial charge >= 0.3 is 6.09 Å². The third-order valence-corrected chi connectivity index (χ3v) is 4.92. The Hall–Kier alpha value is -3.28. The molecule has 3 aromatic rings. The lowest BCUT2D eigenvalue weighted by Gasteiger charge is -2.20. The van der Waals surface area contributed by atoms with Crippen molar-refractivity contribution < 1.29 is 14.3 Å². The van der Waals surface area contributed by atoms with E-state index in [1.807, 2.05) is 74.6 Å². The van der Waals surface area contributed by atoms with Gasteiger partial charge in [-0.25, -0.2) is 4.79 Å². The third-order valence-electron chi connectivity index (χ3n) is 4.92. The summed E-state index contributed by atoms with van der Waals surface area (Å²) in [5, 5.41) is 6.72. The molecule has 0 saturated carbocycles. The van der Waals surface area contributed by atoms with Crippen LogP contribution in [0.15, 0.2) is 60.8 Å². The first-order valence-electron chi connectivity index (χ1n) is 9.89. The summed E-state index contributed by atoms with van der Waals surface area (Å²) in [6.45, 7) is 4.09. The van der Waals surface area contributed by atoms with Gasteiger partial charge < -0.3 is 20.4 Å². The number of carbonyl (C=O) groups excluding carboxylic acids is 2. The Morgan fingerprint density at radius 2 is 1.76 bits per heavy atom. The number of nitrogens with one attached hydrogen (secondary N) is 3. The molecule has 0 bridgehead atoms. The number of benzene rings is 2. The van der Waals surface area contributed by atoms with E-state index in [-0.39, 0.29) is 18.6 Å². The fourth-order valence-corrected chi connectivity index (χ4v) is 3.08. The second-order valence-corrected chi connectivity index (χ2v) is 7.14. The van der Waals surface area contributed by atoms with Gasteiger partial charge in [-0.05, 0) is 30.5 Å². The zero-order valence-corrected chi connectivity index (χ0v) is 16.8. The van der Waals surface area contributed by atoms with Crippen molar-refractivity contribution in [2.75, 3.05) is 0 Å². The van der Waals surface area contributed by atoms with Crippen molar-refractivity contribution in [1.29, 1.82) is 0 Å². The van der Waals surface area contributed by atoms with Crippen LogP contribution < -0.4 is 10.6 Å². The summed E-state index contributed by atoms with van der Waals surface area (Å²) < 4.78 is 5.31. The molecule has 0 saturated heterocycles. The van der Waals surface area contributed by atoms with Crippen molar-refractivity contribution in [3.05, 3.63) is 71.9 Å². The normalized spacial score (nSPS) is 12.9. The molecule has 3 rings (SSSR count). The predicted octanol–water partition coefficient (Wildman–Crippen LogP) is 3.92. The molecule has 6 heteroatoms. The molecule has 1 heterocycles. The van der Waals surface area contributed by atoms with E-state index in [1.165, 1.54) is 0 Å². The van der Waals surface area contributed by atoms with Crippen LogP contribution in [0.25, 0.3) is 10.9 Å². The van der Waals surface area contributed by atoms with Gasteiger partial charge in [0.2, 0.25) is 5.91 Å². The van der Waals surface area contributed by atoms with Crippen LogP contribution in [0.5, 0.6) is 0 Å². The van der Waals surface area contributed by atoms with E-state index in [9.17, 15) is 9.59 Å². The number of ether oxygens (including phenoxy) is 1. The van der Waals surface area contributed by atoms with E-state index in [2.05, 4.69) is 15.6 Å². The van der Waals surface area contributed by atoms with Crippen LogP contribution in [0, 0.1) is 0 Å². The summed E-state index contributed by atoms with van der Waals surface area (Å²) in [4.78, 5) is 28.4. The van der Waals surface area contributed by atoms with Gasteiger partial charge in [-0.2, -0.15) is 0 Å². The molecule has 2 aromatic carbocycles. The van der Waals surface area contributed by atoms with Crippen LogP contribution in [0.1, 0.15) is 31.4 Å². The highest BCUT2D eigenvalue weighted by atomic mass is 16.5. The lowest BCUT2D eigenvalue weighted by Crippen LogP contribution is -2.50. The Bertz CT molecular complexity index is 952. The lowest BCUT2D eigenvalue weighted by atomic mass is 10.0. The summed E-state index contributed by atoms with van der Waals surface area (Å²) in [5.74, 6) is -0.221. The average Bonchev–Trinajstić information content (AvgIpc) is 3.15. The van der Waals surface area contributed by atoms with Gasteiger partial charge in [0.15, 0.2) is 0 Å². The van der Waals surface area contributed by atoms with Crippen LogP contribution in [0.4, 0.5) is 4.79 Å². The fourth-order valence-electron chi connectivity index (χ4n) is 3.08. The highest BCUT2D eigenvalue weighted by Crippen LogP contribution is 2.19. The zero-order chi connectivity index (χ0) is 20.6. The molecule has 0 radical (unpaired) electrons. The van der Waals surface area contributed by atoms with E-state index >= 15 is 0 Å². The second-order valence-electron chi connectivity index (χ2n) is 7.14. The summed E-state index contributed by atoms with van der Waals surface area (Å²) in [6, 6.07) is 16.6. The monoisotopic (exact) mass is 393 g/mol. The number of fused-ring (bicyclic) bond motifs is 1. The van der Waals surface area contributed by atoms with Gasteiger partial charge in [0, 0.05) is 29.6 Å². The number of alkyl carbamates (subject to hydrolysis) is 1. The average molecular weight is 393 g/mol. The number of aromatic nitrogens is 1. The number of hydrogen-bond donors (Lipinski definition) is 3. The minimum absolute atomic E-state index is 0.0232. The van der Waals surface area contributed by atoms with Crippen molar-refractivity contribution in [2.45, 2.75) is 45.4 Å². The van der Waals surface area contributed by atoms with E-state index in [1.54, 1.807) is 0 Å². The van der Waals surface area contributed by atoms with Crippen molar-refractivity contribution in [3.63, 3.8) is 0 Å². The van der Waals surface area contributed by atoms with Crippen LogP contribution in [-0.2, 0) is 22.6 Å². The molecule has 0 aliphatic carbocycles. The van der Waals surface area contributed by atoms with Gasteiger partial charge in [0.25, 0.3) is 0 Å². The molecule has 0 aliphatic heterocycles. The molecule has 152 valence electrons. The largest absolute Gasteiger partial charge is 0.445 e. The van der Waals surface area contributed by atoms with Crippen LogP contribution in [-0.4, -0.2) is 29.1 Å². The summed E-state index contributed by atoms with van der Waals surface area (Å²) in [7, 11) is 0. The van der Waals surface area contributed by atoms with Crippen LogP contribution in [0.3, 0.4) is 0 Å². The number of hydrogen-bond acceptors (Lipinski definition) is 3. The van der Waals surface area contributed by atoms with Gasteiger partial charge in [0.05, 0.1) is 0 Å². The zero-order valence-electron chi connectivity index (χ0n) is 16.8. The maximum Gasteiger partial charge on any atom is 0.408 e. The molecule has 0 fully saturated rings. The standard InChI is InChI=1S/C23H27N3O3/c1-3-16(2)25-22(27)21(13-18-14-24-20-12-8-7-11-19(18)20)26-23(28)29-15-17-9-5-4-6-10-17/h4-12,14,16,21,24H,3,13,15H2,1-2H3,(H,25,27)(H,26,28)/t16-,21-/m0/s1. The topological polar surface area (TPSA) is 83.2 Å². The van der Waals surface area contributed by atoms with Crippen molar-refractivity contribution in [3.8, 4) is 0 Å². The first-order chi connectivity index (χ1) is 14.1. The molecular weight excluding hydrogens is 366 g/mol. The molecule has 2 amide bonds. The highest BCUT2D eigenvalue weighted by molar-refractivity contribution is 5.88. The first-order valence-corrected chi connectivity index (χ1v) is 9.89. The van der Waals surface area contributed by atoms with Gasteiger partial charge in [-0.15, -0.1) is 0 Å². The Morgan fingerprint density at radius 3 is 2.52 bits per heavy atom. The van der Waals surface area contributed by atoms with Gasteiger partial charge in [-0.3, -0.25) is 4.79 Å². The summed E-state index contributed by atoms with van der Waals surface area (Å²) >= 11 is 0. The fraction of sp³-hybridized carbons (Fsp3) is 0.304. The molecule has 6 nitrogen and oxygen atoms in total. The van der Waals surface area contributed by atoms with Crippen molar-refractivity contribution >= 4 is 22.9 Å². The number of rotatable bonds is 8. The van der Waals surface area contributed by atoms with E-state index in [4.69, 9.17) is 4.74 Å². The number of amides is 2. The van der Waals surface area contributed by atoms with E-state index < -0.39 is 12.1 Å². The number of aromatic amines is 1. The maximum absolute atomic E-state index is 12.8. The van der Waals surface area contributed by atoms with Crippen LogP contribution in [0.2, 0.25) is 0 Å². The number of para-hydroxylation sites is 1. The molecular formula is C23H27N3O3. The molecule has 29 heavy (non-hydrogen) atoms. The van der Waals surface area contributed by atoms with E-state index in [0.29, 0.717) is 6.42 Å². The molecule has 0 aliphatic rings. The highest BCUT2D eigenvalue weighted by Gasteiger charge is 2.24. The van der Waals surface area contributed by atoms with Crippen molar-refractivity contribution in [2.24, 2.45) is 0 Å². The maximum atomic E-state index is 12.8. The molecule has 0 unspecified atom stereocenters. The molecule has 1 aromatic heterocycles. The first kappa shape index (κ1) is 20.5. The smallest absolute Gasteiger partial charge is 0.408 e. The van der Waals surface area contributed by atoms with Crippen molar-refractivity contribution in [1.82, 2.24) is 15.6 Å². The number of H-pyrrole nitrogens is 1. The minimum Gasteiger partial charge on any atom is -0.445 e. The summed E-state index contributed by atoms with van der Waals surface area (Å²) in [5.41, 5.74) is 2.85. The Balaban J connectivity index is 1.70. The third kappa shape index (κ3) is 5.60. The molecule has 2 atom stereocenters. The SMILES string of the molecule is CC[C@H](C)NC(=O)[C@H](Cc1c[nH]c2ccccc12)NC(=O)OCc1ccccc1. The van der Waals surface area contributed by atoms with E-state index in [0.717, 1.165) is 28.5 Å². The van der Waals surface area contributed by atoms with Crippen LogP contribution >= 0.6 is 0 Å². The minimum atomic E-state index is -0.730. The Labute approximate surface area is 170 Å². The molecule has 3 N–H and O–H groups in total. The number of carbonyl (C=O) groups is 2. The van der Waals surface area contributed by atoms with Gasteiger partial charge in [0.1, 0.15) is 12.6 Å². The Morgan fingerprint density at radius 1 is 1.03 bits per heavy atom. The Kier molecular flexibility index (Phi) is 6.89. The summed E-state index contributed by atoms with van der Waals surface area (Å²) in [6.07, 6.45) is 2.44.